The molecule has 86 valence electrons. The van der Waals surface area contributed by atoms with Crippen molar-refractivity contribution in [2.45, 2.75) is 6.92 Å². The molecule has 1 heterocycles. The average Bonchev–Trinajstić information content (AvgIpc) is 2.78. The Balaban J connectivity index is 2.36. The Hall–Kier alpha value is -2.35. The molecule has 0 aliphatic rings. The summed E-state index contributed by atoms with van der Waals surface area (Å²) in [5, 5.41) is 15.9. The molecule has 4 nitrogen and oxygen atoms in total. The second-order valence-corrected chi connectivity index (χ2v) is 3.45. The second kappa shape index (κ2) is 4.66. The van der Waals surface area contributed by atoms with Gasteiger partial charge in [0.25, 0.3) is 0 Å². The van der Waals surface area contributed by atoms with Crippen LogP contribution in [-0.4, -0.2) is 16.3 Å². The van der Waals surface area contributed by atoms with Crippen molar-refractivity contribution in [2.24, 2.45) is 0 Å². The van der Waals surface area contributed by atoms with E-state index in [1.165, 1.54) is 16.8 Å². The SMILES string of the molecule is CCNc1ccn(-c2ccc(C#N)cc2F)n1. The molecule has 0 atom stereocenters. The van der Waals surface area contributed by atoms with Crippen molar-refractivity contribution < 1.29 is 4.39 Å². The van der Waals surface area contributed by atoms with Crippen LogP contribution < -0.4 is 5.32 Å². The van der Waals surface area contributed by atoms with Gasteiger partial charge in [0, 0.05) is 18.8 Å². The van der Waals surface area contributed by atoms with Crippen molar-refractivity contribution in [2.75, 3.05) is 11.9 Å². The minimum Gasteiger partial charge on any atom is -0.369 e. The lowest BCUT2D eigenvalue weighted by molar-refractivity contribution is 0.610. The Labute approximate surface area is 98.3 Å². The van der Waals surface area contributed by atoms with Crippen LogP contribution >= 0.6 is 0 Å². The van der Waals surface area contributed by atoms with E-state index in [2.05, 4.69) is 10.4 Å². The van der Waals surface area contributed by atoms with Crippen LogP contribution in [0.2, 0.25) is 0 Å². The first kappa shape index (κ1) is 11.1. The Bertz CT molecular complexity index is 568. The van der Waals surface area contributed by atoms with Crippen LogP contribution in [0.1, 0.15) is 12.5 Å². The smallest absolute Gasteiger partial charge is 0.150 e. The first-order valence-corrected chi connectivity index (χ1v) is 5.24. The van der Waals surface area contributed by atoms with E-state index in [1.807, 2.05) is 13.0 Å². The van der Waals surface area contributed by atoms with Crippen LogP contribution in [0.3, 0.4) is 0 Å². The minimum atomic E-state index is -0.463. The normalized spacial score (nSPS) is 9.94. The largest absolute Gasteiger partial charge is 0.369 e. The number of nitriles is 1. The van der Waals surface area contributed by atoms with Crippen LogP contribution in [0, 0.1) is 17.1 Å². The lowest BCUT2D eigenvalue weighted by atomic mass is 10.2. The fourth-order valence-corrected chi connectivity index (χ4v) is 1.50. The van der Waals surface area contributed by atoms with E-state index in [0.29, 0.717) is 17.1 Å². The predicted molar refractivity (Wildman–Crippen MR) is 62.4 cm³/mol. The van der Waals surface area contributed by atoms with E-state index in [0.717, 1.165) is 6.54 Å². The molecule has 0 aliphatic carbocycles. The van der Waals surface area contributed by atoms with Crippen molar-refractivity contribution >= 4 is 5.82 Å². The van der Waals surface area contributed by atoms with Gasteiger partial charge in [-0.1, -0.05) is 0 Å². The molecule has 1 aromatic carbocycles. The molecular formula is C12H11FN4. The van der Waals surface area contributed by atoms with Crippen LogP contribution in [0.25, 0.3) is 5.69 Å². The van der Waals surface area contributed by atoms with Crippen molar-refractivity contribution in [3.63, 3.8) is 0 Å². The molecule has 0 saturated carbocycles. The number of nitrogens with one attached hydrogen (secondary N) is 1. The zero-order valence-electron chi connectivity index (χ0n) is 9.31. The molecule has 5 heteroatoms. The Morgan fingerprint density at radius 3 is 2.94 bits per heavy atom. The van der Waals surface area contributed by atoms with Gasteiger partial charge in [0.05, 0.1) is 11.6 Å². The molecule has 0 saturated heterocycles. The molecule has 2 aromatic rings. The number of hydrogen-bond acceptors (Lipinski definition) is 3. The molecule has 0 amide bonds. The molecule has 0 bridgehead atoms. The van der Waals surface area contributed by atoms with Gasteiger partial charge in [0.2, 0.25) is 0 Å². The van der Waals surface area contributed by atoms with Gasteiger partial charge in [-0.05, 0) is 25.1 Å². The second-order valence-electron chi connectivity index (χ2n) is 3.45. The number of nitrogens with zero attached hydrogens (tertiary/aromatic N) is 3. The summed E-state index contributed by atoms with van der Waals surface area (Å²) in [7, 11) is 0. The number of rotatable bonds is 3. The number of hydrogen-bond donors (Lipinski definition) is 1. The van der Waals surface area contributed by atoms with Crippen LogP contribution in [0.4, 0.5) is 10.2 Å². The molecule has 1 N–H and O–H groups in total. The third-order valence-electron chi connectivity index (χ3n) is 2.27. The lowest BCUT2D eigenvalue weighted by Crippen LogP contribution is -2.01. The summed E-state index contributed by atoms with van der Waals surface area (Å²) in [6.45, 7) is 2.72. The predicted octanol–water partition coefficient (Wildman–Crippen LogP) is 2.31. The van der Waals surface area contributed by atoms with Gasteiger partial charge < -0.3 is 5.32 Å². The summed E-state index contributed by atoms with van der Waals surface area (Å²) < 4.78 is 15.1. The zero-order chi connectivity index (χ0) is 12.3. The summed E-state index contributed by atoms with van der Waals surface area (Å²) >= 11 is 0. The minimum absolute atomic E-state index is 0.297. The molecule has 0 spiro atoms. The molecule has 2 rings (SSSR count). The highest BCUT2D eigenvalue weighted by Gasteiger charge is 2.07. The first-order valence-electron chi connectivity index (χ1n) is 5.24. The van der Waals surface area contributed by atoms with Crippen LogP contribution in [0.5, 0.6) is 0 Å². The zero-order valence-corrected chi connectivity index (χ0v) is 9.31. The number of benzene rings is 1. The van der Waals surface area contributed by atoms with E-state index in [4.69, 9.17) is 5.26 Å². The van der Waals surface area contributed by atoms with Crippen LogP contribution in [0.15, 0.2) is 30.5 Å². The maximum Gasteiger partial charge on any atom is 0.150 e. The number of halogens is 1. The van der Waals surface area contributed by atoms with Crippen molar-refractivity contribution in [3.8, 4) is 11.8 Å². The molecule has 0 fully saturated rings. The Kier molecular flexibility index (Phi) is 3.06. The monoisotopic (exact) mass is 230 g/mol. The molecule has 0 aliphatic heterocycles. The van der Waals surface area contributed by atoms with Gasteiger partial charge in [-0.15, -0.1) is 0 Å². The maximum atomic E-state index is 13.7. The van der Waals surface area contributed by atoms with E-state index in [-0.39, 0.29) is 0 Å². The standard InChI is InChI=1S/C12H11FN4/c1-2-15-12-5-6-17(16-12)11-4-3-9(8-14)7-10(11)13/h3-7H,2H2,1H3,(H,15,16). The highest BCUT2D eigenvalue weighted by Crippen LogP contribution is 2.15. The fraction of sp³-hybridized carbons (Fsp3) is 0.167. The molecule has 1 aromatic heterocycles. The maximum absolute atomic E-state index is 13.7. The quantitative estimate of drug-likeness (QED) is 0.880. The Morgan fingerprint density at radius 1 is 1.47 bits per heavy atom. The van der Waals surface area contributed by atoms with Crippen LogP contribution in [-0.2, 0) is 0 Å². The summed E-state index contributed by atoms with van der Waals surface area (Å²) in [5.41, 5.74) is 0.624. The summed E-state index contributed by atoms with van der Waals surface area (Å²) in [6.07, 6.45) is 1.67. The topological polar surface area (TPSA) is 53.6 Å². The van der Waals surface area contributed by atoms with Crippen molar-refractivity contribution in [3.05, 3.63) is 41.8 Å². The van der Waals surface area contributed by atoms with E-state index >= 15 is 0 Å². The molecule has 0 radical (unpaired) electrons. The number of anilines is 1. The van der Waals surface area contributed by atoms with Gasteiger partial charge in [-0.25, -0.2) is 9.07 Å². The number of aromatic nitrogens is 2. The molecular weight excluding hydrogens is 219 g/mol. The summed E-state index contributed by atoms with van der Waals surface area (Å²) in [6, 6.07) is 7.95. The first-order chi connectivity index (χ1) is 8.24. The Morgan fingerprint density at radius 2 is 2.29 bits per heavy atom. The van der Waals surface area contributed by atoms with E-state index in [9.17, 15) is 4.39 Å². The summed E-state index contributed by atoms with van der Waals surface area (Å²) in [4.78, 5) is 0. The lowest BCUT2D eigenvalue weighted by Gasteiger charge is -2.03. The van der Waals surface area contributed by atoms with Gasteiger partial charge in [-0.2, -0.15) is 10.4 Å². The van der Waals surface area contributed by atoms with E-state index < -0.39 is 5.82 Å². The molecule has 0 unspecified atom stereocenters. The van der Waals surface area contributed by atoms with Gasteiger partial charge in [0.15, 0.2) is 0 Å². The van der Waals surface area contributed by atoms with Crippen molar-refractivity contribution in [1.82, 2.24) is 9.78 Å². The van der Waals surface area contributed by atoms with Gasteiger partial charge in [-0.3, -0.25) is 0 Å². The highest BCUT2D eigenvalue weighted by molar-refractivity contribution is 5.42. The van der Waals surface area contributed by atoms with Crippen molar-refractivity contribution in [1.29, 1.82) is 5.26 Å². The molecule has 17 heavy (non-hydrogen) atoms. The van der Waals surface area contributed by atoms with Gasteiger partial charge in [0.1, 0.15) is 17.3 Å². The van der Waals surface area contributed by atoms with E-state index in [1.54, 1.807) is 18.3 Å². The fourth-order valence-electron chi connectivity index (χ4n) is 1.50. The summed E-state index contributed by atoms with van der Waals surface area (Å²) in [5.74, 6) is 0.228. The third-order valence-corrected chi connectivity index (χ3v) is 2.27. The third kappa shape index (κ3) is 2.26. The highest BCUT2D eigenvalue weighted by atomic mass is 19.1. The van der Waals surface area contributed by atoms with Gasteiger partial charge >= 0.3 is 0 Å². The average molecular weight is 230 g/mol.